The van der Waals surface area contributed by atoms with E-state index in [0.29, 0.717) is 11.8 Å². The molecule has 0 aromatic rings. The summed E-state index contributed by atoms with van der Waals surface area (Å²) in [5, 5.41) is 3.06. The summed E-state index contributed by atoms with van der Waals surface area (Å²) in [6.45, 7) is 4.88. The molecule has 138 valence electrons. The van der Waals surface area contributed by atoms with Crippen molar-refractivity contribution in [2.75, 3.05) is 13.6 Å². The van der Waals surface area contributed by atoms with E-state index in [1.165, 1.54) is 25.7 Å². The largest absolute Gasteiger partial charge is 0.354 e. The SMILES string of the molecule is CC(C)NC(=O)C1CCCC(CCN(C)C(=O)C2CCCCC2)C1. The van der Waals surface area contributed by atoms with E-state index in [9.17, 15) is 9.59 Å². The summed E-state index contributed by atoms with van der Waals surface area (Å²) in [4.78, 5) is 26.7. The second-order valence-electron chi connectivity index (χ2n) is 8.28. The first-order chi connectivity index (χ1) is 11.5. The van der Waals surface area contributed by atoms with Crippen molar-refractivity contribution in [1.82, 2.24) is 10.2 Å². The van der Waals surface area contributed by atoms with Gasteiger partial charge in [0.25, 0.3) is 0 Å². The highest BCUT2D eigenvalue weighted by Crippen LogP contribution is 2.32. The van der Waals surface area contributed by atoms with Gasteiger partial charge in [-0.2, -0.15) is 0 Å². The number of carbonyl (C=O) groups excluding carboxylic acids is 2. The normalized spacial score (nSPS) is 25.5. The van der Waals surface area contributed by atoms with Crippen LogP contribution in [-0.4, -0.2) is 36.3 Å². The van der Waals surface area contributed by atoms with Crippen molar-refractivity contribution in [2.24, 2.45) is 17.8 Å². The molecule has 0 heterocycles. The van der Waals surface area contributed by atoms with Crippen molar-refractivity contribution >= 4 is 11.8 Å². The van der Waals surface area contributed by atoms with Crippen LogP contribution in [0.1, 0.15) is 78.1 Å². The summed E-state index contributed by atoms with van der Waals surface area (Å²) in [6.07, 6.45) is 11.2. The fourth-order valence-corrected chi connectivity index (χ4v) is 4.34. The third-order valence-corrected chi connectivity index (χ3v) is 5.79. The maximum absolute atomic E-state index is 12.5. The Morgan fingerprint density at radius 1 is 1.00 bits per heavy atom. The topological polar surface area (TPSA) is 49.4 Å². The first-order valence-corrected chi connectivity index (χ1v) is 10.0. The Balaban J connectivity index is 1.74. The van der Waals surface area contributed by atoms with Gasteiger partial charge < -0.3 is 10.2 Å². The number of rotatable bonds is 6. The van der Waals surface area contributed by atoms with Gasteiger partial charge in [-0.25, -0.2) is 0 Å². The summed E-state index contributed by atoms with van der Waals surface area (Å²) < 4.78 is 0. The molecule has 2 rings (SSSR count). The van der Waals surface area contributed by atoms with Gasteiger partial charge in [0, 0.05) is 31.5 Å². The summed E-state index contributed by atoms with van der Waals surface area (Å²) in [6, 6.07) is 0.220. The van der Waals surface area contributed by atoms with Gasteiger partial charge in [0.15, 0.2) is 0 Å². The molecule has 2 amide bonds. The van der Waals surface area contributed by atoms with E-state index in [0.717, 1.165) is 45.1 Å². The molecular weight excluding hydrogens is 300 g/mol. The Labute approximate surface area is 147 Å². The van der Waals surface area contributed by atoms with Gasteiger partial charge >= 0.3 is 0 Å². The Bertz CT molecular complexity index is 416. The van der Waals surface area contributed by atoms with E-state index in [4.69, 9.17) is 0 Å². The highest BCUT2D eigenvalue weighted by molar-refractivity contribution is 5.79. The molecule has 2 aliphatic rings. The molecule has 4 nitrogen and oxygen atoms in total. The molecule has 24 heavy (non-hydrogen) atoms. The van der Waals surface area contributed by atoms with Crippen LogP contribution in [0.5, 0.6) is 0 Å². The lowest BCUT2D eigenvalue weighted by atomic mass is 9.79. The molecular formula is C20H36N2O2. The highest BCUT2D eigenvalue weighted by atomic mass is 16.2. The molecule has 2 saturated carbocycles. The number of amides is 2. The highest BCUT2D eigenvalue weighted by Gasteiger charge is 2.29. The van der Waals surface area contributed by atoms with Crippen molar-refractivity contribution in [3.63, 3.8) is 0 Å². The van der Waals surface area contributed by atoms with Crippen LogP contribution in [0.4, 0.5) is 0 Å². The van der Waals surface area contributed by atoms with E-state index in [1.807, 2.05) is 25.8 Å². The number of carbonyl (C=O) groups is 2. The Morgan fingerprint density at radius 3 is 2.33 bits per heavy atom. The van der Waals surface area contributed by atoms with E-state index in [-0.39, 0.29) is 23.8 Å². The van der Waals surface area contributed by atoms with Crippen molar-refractivity contribution < 1.29 is 9.59 Å². The fraction of sp³-hybridized carbons (Fsp3) is 0.900. The Hall–Kier alpha value is -1.06. The van der Waals surface area contributed by atoms with E-state index >= 15 is 0 Å². The maximum Gasteiger partial charge on any atom is 0.225 e. The monoisotopic (exact) mass is 336 g/mol. The Morgan fingerprint density at radius 2 is 1.67 bits per heavy atom. The molecule has 2 aliphatic carbocycles. The average molecular weight is 337 g/mol. The molecule has 1 N–H and O–H groups in total. The third-order valence-electron chi connectivity index (χ3n) is 5.79. The number of nitrogens with one attached hydrogen (secondary N) is 1. The maximum atomic E-state index is 12.5. The fourth-order valence-electron chi connectivity index (χ4n) is 4.34. The van der Waals surface area contributed by atoms with E-state index < -0.39 is 0 Å². The Kier molecular flexibility index (Phi) is 7.57. The van der Waals surface area contributed by atoms with Crippen LogP contribution >= 0.6 is 0 Å². The first kappa shape index (κ1) is 19.3. The van der Waals surface area contributed by atoms with Gasteiger partial charge in [0.05, 0.1) is 0 Å². The predicted molar refractivity (Wildman–Crippen MR) is 97.6 cm³/mol. The molecule has 0 bridgehead atoms. The summed E-state index contributed by atoms with van der Waals surface area (Å²) in [5.74, 6) is 1.59. The summed E-state index contributed by atoms with van der Waals surface area (Å²) >= 11 is 0. The molecule has 0 aromatic carbocycles. The van der Waals surface area contributed by atoms with Crippen molar-refractivity contribution in [2.45, 2.75) is 84.1 Å². The smallest absolute Gasteiger partial charge is 0.225 e. The van der Waals surface area contributed by atoms with Gasteiger partial charge in [-0.1, -0.05) is 32.1 Å². The van der Waals surface area contributed by atoms with Crippen molar-refractivity contribution in [3.05, 3.63) is 0 Å². The van der Waals surface area contributed by atoms with Crippen molar-refractivity contribution in [3.8, 4) is 0 Å². The van der Waals surface area contributed by atoms with Gasteiger partial charge in [0.2, 0.25) is 11.8 Å². The minimum Gasteiger partial charge on any atom is -0.354 e. The number of hydrogen-bond donors (Lipinski definition) is 1. The van der Waals surface area contributed by atoms with Gasteiger partial charge in [-0.05, 0) is 51.9 Å². The second kappa shape index (κ2) is 9.43. The first-order valence-electron chi connectivity index (χ1n) is 10.0. The summed E-state index contributed by atoms with van der Waals surface area (Å²) in [7, 11) is 1.96. The lowest BCUT2D eigenvalue weighted by Gasteiger charge is -2.31. The zero-order valence-corrected chi connectivity index (χ0v) is 15.9. The van der Waals surface area contributed by atoms with Crippen LogP contribution in [0.3, 0.4) is 0 Å². The van der Waals surface area contributed by atoms with Crippen LogP contribution < -0.4 is 5.32 Å². The zero-order chi connectivity index (χ0) is 17.5. The van der Waals surface area contributed by atoms with Crippen LogP contribution in [0.2, 0.25) is 0 Å². The predicted octanol–water partition coefficient (Wildman–Crippen LogP) is 3.75. The zero-order valence-electron chi connectivity index (χ0n) is 15.9. The van der Waals surface area contributed by atoms with Gasteiger partial charge in [0.1, 0.15) is 0 Å². The third kappa shape index (κ3) is 5.78. The van der Waals surface area contributed by atoms with Crippen LogP contribution in [0, 0.1) is 17.8 Å². The molecule has 0 aliphatic heterocycles. The molecule has 0 saturated heterocycles. The minimum absolute atomic E-state index is 0.172. The van der Waals surface area contributed by atoms with Gasteiger partial charge in [-0.15, -0.1) is 0 Å². The molecule has 4 heteroatoms. The second-order valence-corrected chi connectivity index (χ2v) is 8.28. The van der Waals surface area contributed by atoms with E-state index in [1.54, 1.807) is 0 Å². The van der Waals surface area contributed by atoms with Gasteiger partial charge in [-0.3, -0.25) is 9.59 Å². The molecule has 0 aromatic heterocycles. The lowest BCUT2D eigenvalue weighted by molar-refractivity contribution is -0.135. The van der Waals surface area contributed by atoms with Crippen molar-refractivity contribution in [1.29, 1.82) is 0 Å². The number of hydrogen-bond acceptors (Lipinski definition) is 2. The quantitative estimate of drug-likeness (QED) is 0.803. The molecule has 0 radical (unpaired) electrons. The lowest BCUT2D eigenvalue weighted by Crippen LogP contribution is -2.38. The van der Waals surface area contributed by atoms with Crippen LogP contribution in [0.15, 0.2) is 0 Å². The average Bonchev–Trinajstić information content (AvgIpc) is 2.59. The molecule has 2 atom stereocenters. The molecule has 0 spiro atoms. The molecule has 2 fully saturated rings. The van der Waals surface area contributed by atoms with Crippen LogP contribution in [0.25, 0.3) is 0 Å². The number of nitrogens with zero attached hydrogens (tertiary/aromatic N) is 1. The van der Waals surface area contributed by atoms with Crippen LogP contribution in [-0.2, 0) is 9.59 Å². The minimum atomic E-state index is 0.172. The molecule has 2 unspecified atom stereocenters. The summed E-state index contributed by atoms with van der Waals surface area (Å²) in [5.41, 5.74) is 0. The van der Waals surface area contributed by atoms with E-state index in [2.05, 4.69) is 5.32 Å². The standard InChI is InChI=1S/C20H36N2O2/c1-15(2)21-19(23)18-11-7-8-16(14-18)12-13-22(3)20(24)17-9-5-4-6-10-17/h15-18H,4-14H2,1-3H3,(H,21,23).